The molecule has 0 saturated heterocycles. The summed E-state index contributed by atoms with van der Waals surface area (Å²) in [6.45, 7) is 2.61. The summed E-state index contributed by atoms with van der Waals surface area (Å²) in [5.41, 5.74) is 2.55. The van der Waals surface area contributed by atoms with E-state index in [1.165, 1.54) is 6.07 Å². The molecule has 3 rings (SSSR count). The van der Waals surface area contributed by atoms with E-state index in [-0.39, 0.29) is 10.8 Å². The summed E-state index contributed by atoms with van der Waals surface area (Å²) < 4.78 is 43.5. The Balaban J connectivity index is 2.05. The van der Waals surface area contributed by atoms with E-state index in [2.05, 4.69) is 0 Å². The van der Waals surface area contributed by atoms with Gasteiger partial charge in [-0.1, -0.05) is 69.0 Å². The minimum Gasteiger partial charge on any atom is -0.482 e. The monoisotopic (exact) mass is 454 g/mol. The van der Waals surface area contributed by atoms with Gasteiger partial charge in [0.1, 0.15) is 5.75 Å². The molecule has 1 aliphatic rings. The summed E-state index contributed by atoms with van der Waals surface area (Å²) in [7, 11) is 0. The second kappa shape index (κ2) is 9.51. The molecule has 3 nitrogen and oxygen atoms in total. The first-order valence-corrected chi connectivity index (χ1v) is 10.8. The van der Waals surface area contributed by atoms with Crippen molar-refractivity contribution in [3.8, 4) is 16.9 Å². The van der Waals surface area contributed by atoms with E-state index < -0.39 is 24.7 Å². The molecule has 168 valence electrons. The number of aliphatic carboxylic acids is 1. The van der Waals surface area contributed by atoms with Gasteiger partial charge in [-0.15, -0.1) is 0 Å². The molecule has 1 atom stereocenters. The van der Waals surface area contributed by atoms with Gasteiger partial charge in [0.15, 0.2) is 6.61 Å². The van der Waals surface area contributed by atoms with Gasteiger partial charge in [0.05, 0.1) is 10.9 Å². The molecule has 1 saturated carbocycles. The smallest absolute Gasteiger partial charge is 0.422 e. The zero-order valence-electron chi connectivity index (χ0n) is 17.5. The van der Waals surface area contributed by atoms with E-state index in [0.717, 1.165) is 24.8 Å². The Morgan fingerprint density at radius 2 is 1.81 bits per heavy atom. The minimum absolute atomic E-state index is 0.0236. The van der Waals surface area contributed by atoms with Gasteiger partial charge in [0, 0.05) is 5.56 Å². The number of rotatable bonds is 8. The molecule has 2 aromatic carbocycles. The number of carboxylic acid groups (broad SMARTS) is 1. The molecule has 0 radical (unpaired) electrons. The van der Waals surface area contributed by atoms with Crippen molar-refractivity contribution in [1.82, 2.24) is 0 Å². The summed E-state index contributed by atoms with van der Waals surface area (Å²) in [5, 5.41) is 9.78. The highest BCUT2D eigenvalue weighted by molar-refractivity contribution is 6.32. The Bertz CT molecular complexity index is 919. The third-order valence-electron chi connectivity index (χ3n) is 5.83. The normalized spacial score (nSPS) is 15.6. The fourth-order valence-corrected chi connectivity index (χ4v) is 4.10. The minimum atomic E-state index is -4.52. The molecule has 0 unspecified atom stereocenters. The number of carbonyl (C=O) groups is 1. The molecular formula is C24H26ClF3O3. The molecule has 1 aliphatic carbocycles. The van der Waals surface area contributed by atoms with Crippen molar-refractivity contribution in [2.24, 2.45) is 5.92 Å². The first kappa shape index (κ1) is 23.5. The molecule has 0 bridgehead atoms. The summed E-state index contributed by atoms with van der Waals surface area (Å²) in [4.78, 5) is 12.0. The molecule has 2 aromatic rings. The first-order valence-electron chi connectivity index (χ1n) is 10.4. The molecular weight excluding hydrogens is 429 g/mol. The number of halogens is 4. The number of ether oxygens (including phenoxy) is 1. The van der Waals surface area contributed by atoms with Crippen molar-refractivity contribution in [2.45, 2.75) is 57.5 Å². The van der Waals surface area contributed by atoms with Crippen molar-refractivity contribution >= 4 is 17.6 Å². The fraction of sp³-hybridized carbons (Fsp3) is 0.458. The van der Waals surface area contributed by atoms with Crippen molar-refractivity contribution < 1.29 is 27.8 Å². The molecule has 0 aliphatic heterocycles. The summed E-state index contributed by atoms with van der Waals surface area (Å²) in [5.74, 6) is -1.19. The summed E-state index contributed by atoms with van der Waals surface area (Å²) in [6, 6.07) is 10.4. The van der Waals surface area contributed by atoms with Crippen molar-refractivity contribution in [3.05, 3.63) is 52.5 Å². The van der Waals surface area contributed by atoms with Crippen LogP contribution in [0.15, 0.2) is 36.4 Å². The average Bonchev–Trinajstić information content (AvgIpc) is 2.64. The molecule has 0 aromatic heterocycles. The summed E-state index contributed by atoms with van der Waals surface area (Å²) >= 11 is 6.34. The lowest BCUT2D eigenvalue weighted by Crippen LogP contribution is -2.21. The van der Waals surface area contributed by atoms with Crippen LogP contribution in [0.2, 0.25) is 5.02 Å². The van der Waals surface area contributed by atoms with E-state index in [1.807, 2.05) is 26.0 Å². The third-order valence-corrected chi connectivity index (χ3v) is 6.11. The average molecular weight is 455 g/mol. The number of hydrogen-bond acceptors (Lipinski definition) is 2. The van der Waals surface area contributed by atoms with Crippen LogP contribution in [0.25, 0.3) is 11.1 Å². The van der Waals surface area contributed by atoms with Crippen molar-refractivity contribution in [3.63, 3.8) is 0 Å². The van der Waals surface area contributed by atoms with E-state index in [1.54, 1.807) is 18.2 Å². The second-order valence-electron chi connectivity index (χ2n) is 8.48. The van der Waals surface area contributed by atoms with Crippen LogP contribution in [0, 0.1) is 5.92 Å². The maximum atomic E-state index is 12.8. The van der Waals surface area contributed by atoms with E-state index >= 15 is 0 Å². The summed E-state index contributed by atoms with van der Waals surface area (Å²) in [6.07, 6.45) is -0.953. The number of hydrogen-bond donors (Lipinski definition) is 1. The molecule has 0 spiro atoms. The molecule has 0 amide bonds. The lowest BCUT2D eigenvalue weighted by Gasteiger charge is -2.28. The van der Waals surface area contributed by atoms with Gasteiger partial charge < -0.3 is 9.84 Å². The molecule has 7 heteroatoms. The van der Waals surface area contributed by atoms with Gasteiger partial charge in [-0.2, -0.15) is 13.2 Å². The van der Waals surface area contributed by atoms with E-state index in [9.17, 15) is 23.1 Å². The first-order chi connectivity index (χ1) is 14.5. The van der Waals surface area contributed by atoms with Gasteiger partial charge >= 0.3 is 12.1 Å². The van der Waals surface area contributed by atoms with Gasteiger partial charge in [0.25, 0.3) is 0 Å². The van der Waals surface area contributed by atoms with E-state index in [0.29, 0.717) is 34.9 Å². The van der Waals surface area contributed by atoms with Gasteiger partial charge in [-0.3, -0.25) is 4.79 Å². The Hall–Kier alpha value is -2.21. The van der Waals surface area contributed by atoms with Crippen LogP contribution < -0.4 is 4.74 Å². The maximum absolute atomic E-state index is 12.8. The SMILES string of the molecule is CC(C)c1ccc(-c2cc([C@@H](CC3CCC3)C(=O)O)cc(Cl)c2OCC(F)(F)F)cc1. The van der Waals surface area contributed by atoms with Crippen molar-refractivity contribution in [2.75, 3.05) is 6.61 Å². The highest BCUT2D eigenvalue weighted by Gasteiger charge is 2.31. The number of benzene rings is 2. The van der Waals surface area contributed by atoms with Gasteiger partial charge in [-0.25, -0.2) is 0 Å². The van der Waals surface area contributed by atoms with Crippen LogP contribution in [0.3, 0.4) is 0 Å². The predicted molar refractivity (Wildman–Crippen MR) is 115 cm³/mol. The molecule has 0 heterocycles. The second-order valence-corrected chi connectivity index (χ2v) is 8.89. The zero-order chi connectivity index (χ0) is 22.8. The Labute approximate surface area is 185 Å². The fourth-order valence-electron chi connectivity index (χ4n) is 3.82. The van der Waals surface area contributed by atoms with Gasteiger partial charge in [-0.05, 0) is 47.1 Å². The number of carboxylic acids is 1. The third kappa shape index (κ3) is 5.94. The van der Waals surface area contributed by atoms with Crippen LogP contribution in [-0.2, 0) is 4.79 Å². The lowest BCUT2D eigenvalue weighted by atomic mass is 9.77. The Morgan fingerprint density at radius 1 is 1.16 bits per heavy atom. The lowest BCUT2D eigenvalue weighted by molar-refractivity contribution is -0.153. The van der Waals surface area contributed by atoms with Crippen LogP contribution in [0.5, 0.6) is 5.75 Å². The highest BCUT2D eigenvalue weighted by atomic mass is 35.5. The highest BCUT2D eigenvalue weighted by Crippen LogP contribution is 2.43. The molecule has 31 heavy (non-hydrogen) atoms. The van der Waals surface area contributed by atoms with Crippen LogP contribution in [0.1, 0.15) is 62.5 Å². The largest absolute Gasteiger partial charge is 0.482 e. The standard InChI is InChI=1S/C24H26ClF3O3/c1-14(2)16-6-8-17(9-7-16)19-11-18(20(23(29)30)10-15-4-3-5-15)12-21(25)22(19)31-13-24(26,27)28/h6-9,11-12,14-15,20H,3-5,10,13H2,1-2H3,(H,29,30)/t20-/m1/s1. The Kier molecular flexibility index (Phi) is 7.20. The Morgan fingerprint density at radius 3 is 2.29 bits per heavy atom. The van der Waals surface area contributed by atoms with Crippen molar-refractivity contribution in [1.29, 1.82) is 0 Å². The number of alkyl halides is 3. The molecule has 1 N–H and O–H groups in total. The van der Waals surface area contributed by atoms with Crippen LogP contribution in [0.4, 0.5) is 13.2 Å². The molecule has 1 fully saturated rings. The van der Waals surface area contributed by atoms with Crippen LogP contribution >= 0.6 is 11.6 Å². The van der Waals surface area contributed by atoms with E-state index in [4.69, 9.17) is 16.3 Å². The van der Waals surface area contributed by atoms with Gasteiger partial charge in [0.2, 0.25) is 0 Å². The zero-order valence-corrected chi connectivity index (χ0v) is 18.3. The van der Waals surface area contributed by atoms with Crippen LogP contribution in [-0.4, -0.2) is 23.9 Å². The maximum Gasteiger partial charge on any atom is 0.422 e. The topological polar surface area (TPSA) is 46.5 Å². The quantitative estimate of drug-likeness (QED) is 0.451. The predicted octanol–water partition coefficient (Wildman–Crippen LogP) is 7.43.